The molecule has 1 fully saturated rings. The monoisotopic (exact) mass is 243 g/mol. The number of hydrogen-bond donors (Lipinski definition) is 4. The van der Waals surface area contributed by atoms with Gasteiger partial charge in [-0.15, -0.1) is 0 Å². The first-order valence-corrected chi connectivity index (χ1v) is 4.98. The minimum absolute atomic E-state index is 0.00352. The Balaban J connectivity index is 2.53. The predicted octanol–water partition coefficient (Wildman–Crippen LogP) is -2.78. The predicted molar refractivity (Wildman–Crippen MR) is 55.9 cm³/mol. The highest BCUT2D eigenvalue weighted by Crippen LogP contribution is 2.29. The van der Waals surface area contributed by atoms with Gasteiger partial charge in [0.15, 0.2) is 0 Å². The van der Waals surface area contributed by atoms with Crippen molar-refractivity contribution in [2.75, 3.05) is 18.9 Å². The summed E-state index contributed by atoms with van der Waals surface area (Å²) < 4.78 is 5.81. The van der Waals surface area contributed by atoms with Crippen LogP contribution in [0, 0.1) is 0 Å². The van der Waals surface area contributed by atoms with E-state index in [2.05, 4.69) is 4.98 Å². The highest BCUT2D eigenvalue weighted by Gasteiger charge is 2.52. The van der Waals surface area contributed by atoms with Crippen molar-refractivity contribution < 1.29 is 20.1 Å². The molecule has 8 nitrogen and oxygen atoms in total. The Labute approximate surface area is 95.9 Å². The molecule has 0 unspecified atom stereocenters. The molecule has 0 saturated carbocycles. The van der Waals surface area contributed by atoms with E-state index >= 15 is 0 Å². The van der Waals surface area contributed by atoms with Crippen molar-refractivity contribution in [3.8, 4) is 0 Å². The molecule has 17 heavy (non-hydrogen) atoms. The zero-order chi connectivity index (χ0) is 12.6. The van der Waals surface area contributed by atoms with Crippen LogP contribution in [0.5, 0.6) is 0 Å². The largest absolute Gasteiger partial charge is 0.393 e. The molecular formula is C9H13N3O5. The molecule has 1 aliphatic rings. The maximum Gasteiger partial charge on any atom is 0.352 e. The van der Waals surface area contributed by atoms with Gasteiger partial charge in [0.1, 0.15) is 18.0 Å². The van der Waals surface area contributed by atoms with Gasteiger partial charge >= 0.3 is 5.69 Å². The Bertz CT molecular complexity index is 476. The van der Waals surface area contributed by atoms with Gasteiger partial charge in [-0.1, -0.05) is 0 Å². The summed E-state index contributed by atoms with van der Waals surface area (Å²) in [5, 5.41) is 29.1. The zero-order valence-electron chi connectivity index (χ0n) is 8.85. The Kier molecular flexibility index (Phi) is 2.87. The highest BCUT2D eigenvalue weighted by atomic mass is 16.6. The van der Waals surface area contributed by atoms with Gasteiger partial charge in [0.25, 0.3) is 0 Å². The van der Waals surface area contributed by atoms with Crippen LogP contribution in [0.15, 0.2) is 17.1 Å². The smallest absolute Gasteiger partial charge is 0.352 e. The molecule has 3 atom stereocenters. The van der Waals surface area contributed by atoms with Crippen molar-refractivity contribution in [3.05, 3.63) is 22.7 Å². The normalized spacial score (nSPS) is 32.9. The van der Waals surface area contributed by atoms with Crippen LogP contribution in [0.25, 0.3) is 0 Å². The minimum Gasteiger partial charge on any atom is -0.393 e. The van der Waals surface area contributed by atoms with Crippen LogP contribution in [-0.4, -0.2) is 50.3 Å². The molecule has 1 aromatic heterocycles. The lowest BCUT2D eigenvalue weighted by atomic mass is 10.0. The molecule has 0 aromatic carbocycles. The Hall–Kier alpha value is -1.48. The number of nitrogens with two attached hydrogens (primary N) is 1. The Morgan fingerprint density at radius 3 is 3.00 bits per heavy atom. The molecule has 8 heteroatoms. The molecule has 0 spiro atoms. The quantitative estimate of drug-likeness (QED) is 0.442. The van der Waals surface area contributed by atoms with Gasteiger partial charge in [0.2, 0.25) is 5.72 Å². The molecule has 94 valence electrons. The van der Waals surface area contributed by atoms with E-state index in [1.54, 1.807) is 0 Å². The fraction of sp³-hybridized carbons (Fsp3) is 0.556. The van der Waals surface area contributed by atoms with Crippen LogP contribution in [0.2, 0.25) is 0 Å². The molecule has 0 bridgehead atoms. The second-order valence-corrected chi connectivity index (χ2v) is 3.81. The van der Waals surface area contributed by atoms with Crippen LogP contribution in [0.1, 0.15) is 0 Å². The van der Waals surface area contributed by atoms with Gasteiger partial charge in [-0.25, -0.2) is 4.79 Å². The van der Waals surface area contributed by atoms with E-state index in [0.717, 1.165) is 4.57 Å². The standard InChI is InChI=1S/C9H13N3O5/c10-7-1-2-12(8(15)11-7)9(16)5(14)4-17-6(9)3-13/h1-2,5-6,13-14,16H,3-4H2,(H2,10,11,15)/t5-,6-,9+/m0/s1. The van der Waals surface area contributed by atoms with E-state index in [0.29, 0.717) is 0 Å². The first-order chi connectivity index (χ1) is 8.00. The summed E-state index contributed by atoms with van der Waals surface area (Å²) in [6.07, 6.45) is -1.23. The second-order valence-electron chi connectivity index (χ2n) is 3.81. The van der Waals surface area contributed by atoms with Gasteiger partial charge in [-0.05, 0) is 6.07 Å². The van der Waals surface area contributed by atoms with Gasteiger partial charge in [-0.3, -0.25) is 4.57 Å². The maximum absolute atomic E-state index is 11.6. The summed E-state index contributed by atoms with van der Waals surface area (Å²) in [5.41, 5.74) is 2.46. The van der Waals surface area contributed by atoms with E-state index in [1.165, 1.54) is 12.3 Å². The van der Waals surface area contributed by atoms with Crippen molar-refractivity contribution in [1.82, 2.24) is 9.55 Å². The highest BCUT2D eigenvalue weighted by molar-refractivity contribution is 5.24. The molecule has 0 radical (unpaired) electrons. The number of rotatable bonds is 2. The van der Waals surface area contributed by atoms with Crippen molar-refractivity contribution in [3.63, 3.8) is 0 Å². The third-order valence-electron chi connectivity index (χ3n) is 2.80. The first kappa shape index (κ1) is 12.0. The molecule has 2 heterocycles. The third-order valence-corrected chi connectivity index (χ3v) is 2.80. The van der Waals surface area contributed by atoms with Crippen LogP contribution in [-0.2, 0) is 10.5 Å². The van der Waals surface area contributed by atoms with E-state index in [-0.39, 0.29) is 12.4 Å². The summed E-state index contributed by atoms with van der Waals surface area (Å²) in [6, 6.07) is 1.30. The van der Waals surface area contributed by atoms with Crippen LogP contribution in [0.3, 0.4) is 0 Å². The van der Waals surface area contributed by atoms with Crippen LogP contribution < -0.4 is 11.4 Å². The molecule has 1 aromatic rings. The number of aliphatic hydroxyl groups is 3. The van der Waals surface area contributed by atoms with E-state index in [4.69, 9.17) is 15.6 Å². The number of nitrogen functional groups attached to an aromatic ring is 1. The molecule has 2 rings (SSSR count). The van der Waals surface area contributed by atoms with Gasteiger partial charge in [0.05, 0.1) is 13.2 Å². The molecule has 0 amide bonds. The Morgan fingerprint density at radius 1 is 1.71 bits per heavy atom. The fourth-order valence-electron chi connectivity index (χ4n) is 1.86. The summed E-state index contributed by atoms with van der Waals surface area (Å²) in [5.74, 6) is 0.00352. The number of hydrogen-bond acceptors (Lipinski definition) is 7. The third kappa shape index (κ3) is 1.71. The average Bonchev–Trinajstić information content (AvgIpc) is 2.56. The number of anilines is 1. The van der Waals surface area contributed by atoms with Gasteiger partial charge in [0, 0.05) is 6.20 Å². The summed E-state index contributed by atoms with van der Waals surface area (Å²) in [4.78, 5) is 15.0. The fourth-order valence-corrected chi connectivity index (χ4v) is 1.86. The number of aromatic nitrogens is 2. The minimum atomic E-state index is -2.04. The summed E-state index contributed by atoms with van der Waals surface area (Å²) >= 11 is 0. The van der Waals surface area contributed by atoms with Crippen molar-refractivity contribution in [2.45, 2.75) is 17.9 Å². The first-order valence-electron chi connectivity index (χ1n) is 4.98. The lowest BCUT2D eigenvalue weighted by Gasteiger charge is -2.31. The topological polar surface area (TPSA) is 131 Å². The number of ether oxygens (including phenoxy) is 1. The van der Waals surface area contributed by atoms with Crippen molar-refractivity contribution in [1.29, 1.82) is 0 Å². The molecular weight excluding hydrogens is 230 g/mol. The van der Waals surface area contributed by atoms with Crippen molar-refractivity contribution in [2.24, 2.45) is 0 Å². The summed E-state index contributed by atoms with van der Waals surface area (Å²) in [7, 11) is 0. The van der Waals surface area contributed by atoms with E-state index in [1.807, 2.05) is 0 Å². The summed E-state index contributed by atoms with van der Waals surface area (Å²) in [6.45, 7) is -0.719. The SMILES string of the molecule is Nc1ccn([C@]2(O)[C@H](CO)OC[C@@H]2O)c(=O)n1. The lowest BCUT2D eigenvalue weighted by molar-refractivity contribution is -0.152. The van der Waals surface area contributed by atoms with Gasteiger partial charge < -0.3 is 25.8 Å². The van der Waals surface area contributed by atoms with Crippen LogP contribution >= 0.6 is 0 Å². The van der Waals surface area contributed by atoms with Crippen LogP contribution in [0.4, 0.5) is 5.82 Å². The lowest BCUT2D eigenvalue weighted by Crippen LogP contribution is -2.55. The molecule has 1 aliphatic heterocycles. The number of aliphatic hydroxyl groups excluding tert-OH is 2. The van der Waals surface area contributed by atoms with E-state index < -0.39 is 30.2 Å². The molecule has 5 N–H and O–H groups in total. The van der Waals surface area contributed by atoms with Gasteiger partial charge in [-0.2, -0.15) is 4.98 Å². The van der Waals surface area contributed by atoms with E-state index in [9.17, 15) is 15.0 Å². The molecule has 1 saturated heterocycles. The number of nitrogens with zero attached hydrogens (tertiary/aromatic N) is 2. The zero-order valence-corrected chi connectivity index (χ0v) is 8.85. The maximum atomic E-state index is 11.6. The Morgan fingerprint density at radius 2 is 2.41 bits per heavy atom. The second kappa shape index (κ2) is 4.08. The molecule has 0 aliphatic carbocycles. The average molecular weight is 243 g/mol. The van der Waals surface area contributed by atoms with Crippen molar-refractivity contribution >= 4 is 5.82 Å².